The molecule has 1 aromatic heterocycles. The Hall–Kier alpha value is -2.95. The number of carbonyl (C=O) groups excluding carboxylic acids is 1. The van der Waals surface area contributed by atoms with E-state index in [1.54, 1.807) is 6.07 Å². The van der Waals surface area contributed by atoms with Crippen LogP contribution in [0.4, 0.5) is 5.13 Å². The van der Waals surface area contributed by atoms with Crippen LogP contribution in [0.15, 0.2) is 52.7 Å². The molecule has 0 aliphatic carbocycles. The van der Waals surface area contributed by atoms with Crippen LogP contribution < -0.4 is 19.5 Å². The van der Waals surface area contributed by atoms with Crippen LogP contribution in [0.1, 0.15) is 18.4 Å². The van der Waals surface area contributed by atoms with Crippen LogP contribution in [-0.2, 0) is 14.8 Å². The third kappa shape index (κ3) is 5.45. The van der Waals surface area contributed by atoms with E-state index in [-0.39, 0.29) is 23.8 Å². The van der Waals surface area contributed by atoms with E-state index in [4.69, 9.17) is 9.47 Å². The lowest BCUT2D eigenvalue weighted by Gasteiger charge is -2.10. The van der Waals surface area contributed by atoms with E-state index in [9.17, 15) is 13.2 Å². The van der Waals surface area contributed by atoms with Crippen LogP contribution in [0.5, 0.6) is 11.5 Å². The molecule has 168 valence electrons. The van der Waals surface area contributed by atoms with Crippen LogP contribution in [0.25, 0.3) is 11.3 Å². The van der Waals surface area contributed by atoms with Gasteiger partial charge in [0.1, 0.15) is 0 Å². The maximum Gasteiger partial charge on any atom is 0.240 e. The summed E-state index contributed by atoms with van der Waals surface area (Å²) in [6.07, 6.45) is 0.707. The number of sulfonamides is 1. The Morgan fingerprint density at radius 3 is 2.62 bits per heavy atom. The first-order valence-corrected chi connectivity index (χ1v) is 12.5. The highest BCUT2D eigenvalue weighted by Crippen LogP contribution is 2.32. The molecule has 1 aliphatic heterocycles. The average molecular weight is 474 g/mol. The van der Waals surface area contributed by atoms with Crippen molar-refractivity contribution >= 4 is 32.4 Å². The second-order valence-electron chi connectivity index (χ2n) is 7.26. The van der Waals surface area contributed by atoms with Crippen molar-refractivity contribution in [1.82, 2.24) is 9.71 Å². The molecule has 0 radical (unpaired) electrons. The molecule has 8 nitrogen and oxygen atoms in total. The largest absolute Gasteiger partial charge is 0.490 e. The summed E-state index contributed by atoms with van der Waals surface area (Å²) in [4.78, 5) is 16.7. The van der Waals surface area contributed by atoms with Crippen LogP contribution in [-0.4, -0.2) is 39.1 Å². The van der Waals surface area contributed by atoms with Crippen molar-refractivity contribution in [1.29, 1.82) is 0 Å². The van der Waals surface area contributed by atoms with Crippen LogP contribution in [0, 0.1) is 6.92 Å². The number of fused-ring (bicyclic) bond motifs is 1. The van der Waals surface area contributed by atoms with Crippen LogP contribution in [0.3, 0.4) is 0 Å². The number of rotatable bonds is 7. The predicted octanol–water partition coefficient (Wildman–Crippen LogP) is 3.59. The third-order valence-corrected chi connectivity index (χ3v) is 6.99. The van der Waals surface area contributed by atoms with E-state index in [2.05, 4.69) is 15.0 Å². The van der Waals surface area contributed by atoms with Gasteiger partial charge in [-0.15, -0.1) is 11.3 Å². The summed E-state index contributed by atoms with van der Waals surface area (Å²) in [5.74, 6) is 0.599. The highest BCUT2D eigenvalue weighted by Gasteiger charge is 2.19. The molecule has 10 heteroatoms. The number of hydrogen-bond acceptors (Lipinski definition) is 7. The second-order valence-corrected chi connectivity index (χ2v) is 9.88. The number of nitrogens with zero attached hydrogens (tertiary/aromatic N) is 1. The quantitative estimate of drug-likeness (QED) is 0.543. The Kier molecular flexibility index (Phi) is 6.73. The Balaban J connectivity index is 1.31. The predicted molar refractivity (Wildman–Crippen MR) is 123 cm³/mol. The van der Waals surface area contributed by atoms with Crippen LogP contribution >= 0.6 is 11.3 Å². The normalized spacial score (nSPS) is 13.4. The third-order valence-electron chi connectivity index (χ3n) is 4.77. The summed E-state index contributed by atoms with van der Waals surface area (Å²) < 4.78 is 38.7. The zero-order valence-corrected chi connectivity index (χ0v) is 19.1. The van der Waals surface area contributed by atoms with Crippen molar-refractivity contribution in [2.45, 2.75) is 24.7 Å². The number of aromatic nitrogens is 1. The van der Waals surface area contributed by atoms with Crippen molar-refractivity contribution < 1.29 is 22.7 Å². The highest BCUT2D eigenvalue weighted by molar-refractivity contribution is 7.89. The lowest BCUT2D eigenvalue weighted by Crippen LogP contribution is -2.27. The SMILES string of the molecule is Cc1ccc(-c2csc(NC(=O)CCNS(=O)(=O)c3ccc4c(c3)OCCCO4)n2)cc1. The fourth-order valence-corrected chi connectivity index (χ4v) is 4.85. The van der Waals surface area contributed by atoms with Crippen molar-refractivity contribution in [3.63, 3.8) is 0 Å². The van der Waals surface area contributed by atoms with E-state index in [1.807, 2.05) is 36.6 Å². The summed E-state index contributed by atoms with van der Waals surface area (Å²) in [6, 6.07) is 12.4. The smallest absolute Gasteiger partial charge is 0.240 e. The van der Waals surface area contributed by atoms with Gasteiger partial charge in [-0.1, -0.05) is 29.8 Å². The molecule has 0 saturated heterocycles. The van der Waals surface area contributed by atoms with Gasteiger partial charge < -0.3 is 14.8 Å². The molecule has 1 aliphatic rings. The molecule has 1 amide bonds. The summed E-state index contributed by atoms with van der Waals surface area (Å²) >= 11 is 1.32. The van der Waals surface area contributed by atoms with Crippen molar-refractivity contribution in [3.8, 4) is 22.8 Å². The van der Waals surface area contributed by atoms with Gasteiger partial charge in [-0.3, -0.25) is 4.79 Å². The molecule has 32 heavy (non-hydrogen) atoms. The van der Waals surface area contributed by atoms with Gasteiger partial charge in [0.15, 0.2) is 16.6 Å². The molecule has 0 fully saturated rings. The van der Waals surface area contributed by atoms with Crippen molar-refractivity contribution in [2.75, 3.05) is 25.1 Å². The van der Waals surface area contributed by atoms with E-state index >= 15 is 0 Å². The number of ether oxygens (including phenoxy) is 2. The zero-order valence-electron chi connectivity index (χ0n) is 17.5. The summed E-state index contributed by atoms with van der Waals surface area (Å²) in [7, 11) is -3.79. The first-order valence-electron chi connectivity index (χ1n) is 10.1. The van der Waals surface area contributed by atoms with E-state index in [0.29, 0.717) is 29.8 Å². The number of benzene rings is 2. The van der Waals surface area contributed by atoms with Gasteiger partial charge in [0.25, 0.3) is 0 Å². The van der Waals surface area contributed by atoms with Crippen molar-refractivity contribution in [3.05, 3.63) is 53.4 Å². The Morgan fingerprint density at radius 2 is 1.84 bits per heavy atom. The van der Waals surface area contributed by atoms with Crippen LogP contribution in [0.2, 0.25) is 0 Å². The fourth-order valence-electron chi connectivity index (χ4n) is 3.06. The van der Waals surface area contributed by atoms with Gasteiger partial charge in [-0.2, -0.15) is 0 Å². The lowest BCUT2D eigenvalue weighted by molar-refractivity contribution is -0.116. The number of amides is 1. The maximum atomic E-state index is 12.6. The number of carbonyl (C=O) groups is 1. The number of thiazole rings is 1. The Morgan fingerprint density at radius 1 is 1.09 bits per heavy atom. The molecule has 4 rings (SSSR count). The van der Waals surface area contributed by atoms with Crippen molar-refractivity contribution in [2.24, 2.45) is 0 Å². The van der Waals surface area contributed by atoms with Gasteiger partial charge in [-0.05, 0) is 19.1 Å². The molecular formula is C22H23N3O5S2. The standard InChI is InChI=1S/C22H23N3O5S2/c1-15-3-5-16(6-4-15)18-14-31-22(24-18)25-21(26)9-10-23-32(27,28)17-7-8-19-20(13-17)30-12-2-11-29-19/h3-8,13-14,23H,2,9-12H2,1H3,(H,24,25,26). The van der Waals surface area contributed by atoms with E-state index in [0.717, 1.165) is 23.2 Å². The minimum atomic E-state index is -3.79. The molecular weight excluding hydrogens is 450 g/mol. The first-order chi connectivity index (χ1) is 15.4. The molecule has 0 spiro atoms. The Labute approximate surface area is 190 Å². The van der Waals surface area contributed by atoms with Gasteiger partial charge in [0.2, 0.25) is 15.9 Å². The molecule has 2 aromatic carbocycles. The second kappa shape index (κ2) is 9.68. The molecule has 0 unspecified atom stereocenters. The summed E-state index contributed by atoms with van der Waals surface area (Å²) in [5, 5.41) is 5.05. The minimum absolute atomic E-state index is 0.0246. The summed E-state index contributed by atoms with van der Waals surface area (Å²) in [5.41, 5.74) is 2.90. The monoisotopic (exact) mass is 473 g/mol. The highest BCUT2D eigenvalue weighted by atomic mass is 32.2. The number of hydrogen-bond donors (Lipinski definition) is 2. The molecule has 0 bridgehead atoms. The number of nitrogens with one attached hydrogen (secondary N) is 2. The van der Waals surface area contributed by atoms with E-state index in [1.165, 1.54) is 23.5 Å². The van der Waals surface area contributed by atoms with Gasteiger partial charge in [-0.25, -0.2) is 18.1 Å². The minimum Gasteiger partial charge on any atom is -0.490 e. The average Bonchev–Trinajstić information content (AvgIpc) is 3.09. The molecule has 0 atom stereocenters. The van der Waals surface area contributed by atoms with Gasteiger partial charge >= 0.3 is 0 Å². The molecule has 3 aromatic rings. The Bertz CT molecular complexity index is 1210. The topological polar surface area (TPSA) is 107 Å². The number of aryl methyl sites for hydroxylation is 1. The fraction of sp³-hybridized carbons (Fsp3) is 0.273. The summed E-state index contributed by atoms with van der Waals surface area (Å²) in [6.45, 7) is 2.96. The molecule has 2 heterocycles. The first kappa shape index (κ1) is 22.3. The number of anilines is 1. The zero-order chi connectivity index (χ0) is 22.6. The molecule has 2 N–H and O–H groups in total. The maximum absolute atomic E-state index is 12.6. The molecule has 0 saturated carbocycles. The van der Waals surface area contributed by atoms with Gasteiger partial charge in [0.05, 0.1) is 23.8 Å². The lowest BCUT2D eigenvalue weighted by atomic mass is 10.1. The van der Waals surface area contributed by atoms with E-state index < -0.39 is 10.0 Å². The van der Waals surface area contributed by atoms with Gasteiger partial charge in [0, 0.05) is 36.4 Å².